The van der Waals surface area contributed by atoms with Crippen molar-refractivity contribution in [1.82, 2.24) is 15.1 Å². The van der Waals surface area contributed by atoms with Crippen molar-refractivity contribution in [2.75, 3.05) is 45.9 Å². The number of fused-ring (bicyclic) bond motifs is 1. The van der Waals surface area contributed by atoms with Gasteiger partial charge in [-0.25, -0.2) is 0 Å². The number of morpholine rings is 1. The van der Waals surface area contributed by atoms with E-state index in [2.05, 4.69) is 52.4 Å². The Morgan fingerprint density at radius 2 is 2.07 bits per heavy atom. The molecule has 1 aromatic carbocycles. The van der Waals surface area contributed by atoms with E-state index in [4.69, 9.17) is 9.73 Å². The summed E-state index contributed by atoms with van der Waals surface area (Å²) in [5.74, 6) is 1.78. The molecule has 3 aliphatic heterocycles. The van der Waals surface area contributed by atoms with Gasteiger partial charge in [-0.2, -0.15) is 0 Å². The summed E-state index contributed by atoms with van der Waals surface area (Å²) in [7, 11) is 0. The topological polar surface area (TPSA) is 40.1 Å². The number of aliphatic imine (C=N–C) groups is 1. The van der Waals surface area contributed by atoms with Gasteiger partial charge in [-0.15, -0.1) is 0 Å². The Balaban J connectivity index is 1.31. The molecule has 0 bridgehead atoms. The van der Waals surface area contributed by atoms with Gasteiger partial charge in [0.2, 0.25) is 0 Å². The zero-order valence-electron chi connectivity index (χ0n) is 16.6. The number of ether oxygens (including phenoxy) is 1. The summed E-state index contributed by atoms with van der Waals surface area (Å²) in [4.78, 5) is 10.00. The summed E-state index contributed by atoms with van der Waals surface area (Å²) in [6.07, 6.45) is 5.28. The van der Waals surface area contributed by atoms with Gasteiger partial charge < -0.3 is 15.0 Å². The molecule has 0 aliphatic carbocycles. The van der Waals surface area contributed by atoms with Crippen LogP contribution in [0.5, 0.6) is 0 Å². The van der Waals surface area contributed by atoms with Crippen LogP contribution in [-0.4, -0.2) is 73.8 Å². The number of guanidine groups is 1. The minimum atomic E-state index is 0.246. The van der Waals surface area contributed by atoms with E-state index in [1.165, 1.54) is 37.8 Å². The lowest BCUT2D eigenvalue weighted by Gasteiger charge is -2.34. The zero-order valence-corrected chi connectivity index (χ0v) is 16.6. The van der Waals surface area contributed by atoms with Crippen LogP contribution in [0.2, 0.25) is 0 Å². The highest BCUT2D eigenvalue weighted by atomic mass is 16.5. The Morgan fingerprint density at radius 3 is 2.93 bits per heavy atom. The molecule has 0 amide bonds. The van der Waals surface area contributed by atoms with E-state index >= 15 is 0 Å². The van der Waals surface area contributed by atoms with Crippen LogP contribution in [0.15, 0.2) is 35.3 Å². The van der Waals surface area contributed by atoms with Crippen molar-refractivity contribution in [3.8, 4) is 0 Å². The van der Waals surface area contributed by atoms with Crippen molar-refractivity contribution < 1.29 is 4.74 Å². The largest absolute Gasteiger partial charge is 0.373 e. The molecule has 0 aromatic heterocycles. The Kier molecular flexibility index (Phi) is 6.30. The average molecular weight is 371 g/mol. The summed E-state index contributed by atoms with van der Waals surface area (Å²) in [6.45, 7) is 9.21. The Morgan fingerprint density at radius 1 is 1.19 bits per heavy atom. The van der Waals surface area contributed by atoms with E-state index in [1.54, 1.807) is 0 Å². The highest BCUT2D eigenvalue weighted by molar-refractivity contribution is 5.80. The molecular weight excluding hydrogens is 336 g/mol. The Labute approximate surface area is 163 Å². The molecule has 3 unspecified atom stereocenters. The van der Waals surface area contributed by atoms with Crippen molar-refractivity contribution in [3.05, 3.63) is 35.9 Å². The SMILES string of the molecule is CCNC(=NCC1CN2CCCC2CO1)N1CCC(Cc2ccccc2)C1. The highest BCUT2D eigenvalue weighted by Crippen LogP contribution is 2.23. The Bertz CT molecular complexity index is 620. The lowest BCUT2D eigenvalue weighted by Crippen LogP contribution is -2.48. The summed E-state index contributed by atoms with van der Waals surface area (Å²) in [5, 5.41) is 3.50. The van der Waals surface area contributed by atoms with Crippen LogP contribution in [0.1, 0.15) is 31.7 Å². The first-order valence-electron chi connectivity index (χ1n) is 10.7. The summed E-state index contributed by atoms with van der Waals surface area (Å²) in [5.41, 5.74) is 1.45. The minimum Gasteiger partial charge on any atom is -0.373 e. The first-order chi connectivity index (χ1) is 13.3. The molecule has 5 nitrogen and oxygen atoms in total. The van der Waals surface area contributed by atoms with E-state index in [0.29, 0.717) is 12.0 Å². The number of benzene rings is 1. The molecule has 148 valence electrons. The lowest BCUT2D eigenvalue weighted by molar-refractivity contribution is -0.0432. The fourth-order valence-electron chi connectivity index (χ4n) is 4.75. The van der Waals surface area contributed by atoms with Crippen molar-refractivity contribution in [1.29, 1.82) is 0 Å². The molecule has 4 rings (SSSR count). The predicted molar refractivity (Wildman–Crippen MR) is 110 cm³/mol. The number of hydrogen-bond donors (Lipinski definition) is 1. The van der Waals surface area contributed by atoms with Gasteiger partial charge in [-0.05, 0) is 50.6 Å². The molecule has 3 atom stereocenters. The molecule has 3 saturated heterocycles. The van der Waals surface area contributed by atoms with Crippen molar-refractivity contribution in [2.24, 2.45) is 10.9 Å². The number of likely N-dealkylation sites (tertiary alicyclic amines) is 1. The maximum absolute atomic E-state index is 6.09. The van der Waals surface area contributed by atoms with E-state index in [-0.39, 0.29) is 6.10 Å². The van der Waals surface area contributed by atoms with Crippen molar-refractivity contribution in [3.63, 3.8) is 0 Å². The molecule has 0 saturated carbocycles. The van der Waals surface area contributed by atoms with E-state index in [9.17, 15) is 0 Å². The van der Waals surface area contributed by atoms with Gasteiger partial charge in [-0.3, -0.25) is 9.89 Å². The molecule has 1 aromatic rings. The number of hydrogen-bond acceptors (Lipinski definition) is 3. The molecule has 27 heavy (non-hydrogen) atoms. The molecule has 3 fully saturated rings. The van der Waals surface area contributed by atoms with Crippen LogP contribution >= 0.6 is 0 Å². The maximum atomic E-state index is 6.09. The van der Waals surface area contributed by atoms with E-state index < -0.39 is 0 Å². The second-order valence-electron chi connectivity index (χ2n) is 8.23. The van der Waals surface area contributed by atoms with Gasteiger partial charge in [0.1, 0.15) is 0 Å². The van der Waals surface area contributed by atoms with Gasteiger partial charge in [0.15, 0.2) is 5.96 Å². The second-order valence-corrected chi connectivity index (χ2v) is 8.23. The average Bonchev–Trinajstić information content (AvgIpc) is 3.35. The fraction of sp³-hybridized carbons (Fsp3) is 0.682. The van der Waals surface area contributed by atoms with Gasteiger partial charge >= 0.3 is 0 Å². The fourth-order valence-corrected chi connectivity index (χ4v) is 4.75. The first kappa shape index (κ1) is 18.8. The van der Waals surface area contributed by atoms with Crippen LogP contribution in [0.25, 0.3) is 0 Å². The molecule has 5 heteroatoms. The van der Waals surface area contributed by atoms with Gasteiger partial charge in [-0.1, -0.05) is 30.3 Å². The van der Waals surface area contributed by atoms with Crippen LogP contribution in [-0.2, 0) is 11.2 Å². The first-order valence-corrected chi connectivity index (χ1v) is 10.7. The standard InChI is InChI=1S/C22H34N4O/c1-2-23-22(24-14-21-16-25-11-6-9-20(25)17-27-21)26-12-10-19(15-26)13-18-7-4-3-5-8-18/h3-5,7-8,19-21H,2,6,9-17H2,1H3,(H,23,24). The predicted octanol–water partition coefficient (Wildman–Crippen LogP) is 2.38. The third kappa shape index (κ3) is 4.82. The molecular formula is C22H34N4O. The molecule has 0 spiro atoms. The van der Waals surface area contributed by atoms with E-state index in [0.717, 1.165) is 45.3 Å². The summed E-state index contributed by atoms with van der Waals surface area (Å²) >= 11 is 0. The molecule has 3 aliphatic rings. The maximum Gasteiger partial charge on any atom is 0.194 e. The van der Waals surface area contributed by atoms with Gasteiger partial charge in [0, 0.05) is 32.2 Å². The summed E-state index contributed by atoms with van der Waals surface area (Å²) in [6, 6.07) is 11.5. The summed E-state index contributed by atoms with van der Waals surface area (Å²) < 4.78 is 6.09. The van der Waals surface area contributed by atoms with Gasteiger partial charge in [0.05, 0.1) is 19.3 Å². The monoisotopic (exact) mass is 370 g/mol. The van der Waals surface area contributed by atoms with E-state index in [1.807, 2.05) is 0 Å². The number of rotatable bonds is 5. The molecule has 3 heterocycles. The zero-order chi connectivity index (χ0) is 18.5. The minimum absolute atomic E-state index is 0.246. The number of nitrogens with zero attached hydrogens (tertiary/aromatic N) is 3. The molecule has 0 radical (unpaired) electrons. The highest BCUT2D eigenvalue weighted by Gasteiger charge is 2.32. The second kappa shape index (κ2) is 9.07. The van der Waals surface area contributed by atoms with Crippen LogP contribution < -0.4 is 5.32 Å². The van der Waals surface area contributed by atoms with Crippen LogP contribution in [0.4, 0.5) is 0 Å². The Hall–Kier alpha value is -1.59. The van der Waals surface area contributed by atoms with Crippen molar-refractivity contribution >= 4 is 5.96 Å². The third-order valence-electron chi connectivity index (χ3n) is 6.19. The quantitative estimate of drug-likeness (QED) is 0.638. The van der Waals surface area contributed by atoms with Crippen molar-refractivity contribution in [2.45, 2.75) is 44.8 Å². The third-order valence-corrected chi connectivity index (χ3v) is 6.19. The molecule has 1 N–H and O–H groups in total. The lowest BCUT2D eigenvalue weighted by atomic mass is 9.99. The van der Waals surface area contributed by atoms with Crippen LogP contribution in [0.3, 0.4) is 0 Å². The number of nitrogens with one attached hydrogen (secondary N) is 1. The van der Waals surface area contributed by atoms with Gasteiger partial charge in [0.25, 0.3) is 0 Å². The van der Waals surface area contributed by atoms with Crippen LogP contribution in [0, 0.1) is 5.92 Å². The normalized spacial score (nSPS) is 29.1. The smallest absolute Gasteiger partial charge is 0.194 e.